The zero-order valence-electron chi connectivity index (χ0n) is 13.4. The number of pyridine rings is 1. The van der Waals surface area contributed by atoms with Crippen molar-refractivity contribution in [3.05, 3.63) is 29.0 Å². The van der Waals surface area contributed by atoms with Gasteiger partial charge in [-0.2, -0.15) is 13.2 Å². The first kappa shape index (κ1) is 17.0. The fourth-order valence-electron chi connectivity index (χ4n) is 2.74. The predicted octanol–water partition coefficient (Wildman–Crippen LogP) is 3.82. The number of carbonyl (C=O) groups excluding carboxylic acids is 1. The lowest BCUT2D eigenvalue weighted by Crippen LogP contribution is -2.30. The first-order chi connectivity index (χ1) is 11.3. The van der Waals surface area contributed by atoms with Gasteiger partial charge in [0.05, 0.1) is 21.3 Å². The Morgan fingerprint density at radius 1 is 1.29 bits per heavy atom. The lowest BCUT2D eigenvalue weighted by molar-refractivity contribution is -0.136. The predicted molar refractivity (Wildman–Crippen MR) is 88.4 cm³/mol. The van der Waals surface area contributed by atoms with Gasteiger partial charge in [-0.25, -0.2) is 4.98 Å². The van der Waals surface area contributed by atoms with Gasteiger partial charge in [0.15, 0.2) is 0 Å². The van der Waals surface area contributed by atoms with E-state index >= 15 is 0 Å². The molecule has 1 aliphatic rings. The van der Waals surface area contributed by atoms with Crippen molar-refractivity contribution in [1.29, 1.82) is 0 Å². The first-order valence-corrected chi connectivity index (χ1v) is 8.44. The lowest BCUT2D eigenvalue weighted by atomic mass is 10.1. The van der Waals surface area contributed by atoms with Crippen LogP contribution < -0.4 is 4.90 Å². The molecule has 0 aliphatic carbocycles. The zero-order chi connectivity index (χ0) is 17.5. The minimum atomic E-state index is -4.48. The van der Waals surface area contributed by atoms with Gasteiger partial charge < -0.3 is 9.80 Å². The number of piperidine rings is 1. The Morgan fingerprint density at radius 3 is 2.54 bits per heavy atom. The second kappa shape index (κ2) is 6.23. The van der Waals surface area contributed by atoms with E-state index in [1.807, 2.05) is 4.90 Å². The van der Waals surface area contributed by atoms with Gasteiger partial charge in [0.25, 0.3) is 5.91 Å². The quantitative estimate of drug-likeness (QED) is 0.821. The third-order valence-corrected chi connectivity index (χ3v) is 4.98. The molecule has 0 N–H and O–H groups in total. The molecule has 3 heterocycles. The molecule has 1 saturated heterocycles. The zero-order valence-corrected chi connectivity index (χ0v) is 14.2. The summed E-state index contributed by atoms with van der Waals surface area (Å²) >= 11 is 0.914. The van der Waals surface area contributed by atoms with E-state index in [2.05, 4.69) is 11.4 Å². The molecule has 1 fully saturated rings. The van der Waals surface area contributed by atoms with Crippen molar-refractivity contribution in [2.45, 2.75) is 19.0 Å². The fraction of sp³-hybridized carbons (Fsp3) is 0.438. The van der Waals surface area contributed by atoms with Crippen molar-refractivity contribution >= 4 is 33.3 Å². The number of aromatic nitrogens is 1. The summed E-state index contributed by atoms with van der Waals surface area (Å²) in [5.74, 6) is -0.0554. The SMILES string of the molecule is CN(C)C(=O)c1csc2c(C(F)(F)F)cc(N3CC[CH]CC3)nc12. The summed E-state index contributed by atoms with van der Waals surface area (Å²) < 4.78 is 40.5. The van der Waals surface area contributed by atoms with E-state index in [4.69, 9.17) is 0 Å². The lowest BCUT2D eigenvalue weighted by Gasteiger charge is -2.28. The van der Waals surface area contributed by atoms with Gasteiger partial charge in [-0.05, 0) is 25.3 Å². The Kier molecular flexibility index (Phi) is 4.42. The molecule has 2 aromatic rings. The minimum absolute atomic E-state index is 0.0139. The number of alkyl halides is 3. The molecule has 0 atom stereocenters. The molecular formula is C16H17F3N3OS. The Labute approximate surface area is 141 Å². The van der Waals surface area contributed by atoms with Crippen LogP contribution in [0.15, 0.2) is 11.4 Å². The van der Waals surface area contributed by atoms with Gasteiger partial charge in [-0.1, -0.05) is 0 Å². The molecule has 24 heavy (non-hydrogen) atoms. The van der Waals surface area contributed by atoms with Crippen molar-refractivity contribution in [3.8, 4) is 0 Å². The van der Waals surface area contributed by atoms with Crippen molar-refractivity contribution in [2.75, 3.05) is 32.1 Å². The second-order valence-electron chi connectivity index (χ2n) is 5.91. The molecule has 1 aliphatic heterocycles. The van der Waals surface area contributed by atoms with Crippen LogP contribution in [0.1, 0.15) is 28.8 Å². The van der Waals surface area contributed by atoms with Gasteiger partial charge in [0.1, 0.15) is 5.82 Å². The van der Waals surface area contributed by atoms with Crippen LogP contribution in [0.3, 0.4) is 0 Å². The number of thiophene rings is 1. The maximum atomic E-state index is 13.5. The number of hydrogen-bond acceptors (Lipinski definition) is 4. The van der Waals surface area contributed by atoms with Crippen LogP contribution in [0.5, 0.6) is 0 Å². The van der Waals surface area contributed by atoms with Crippen LogP contribution in [0.2, 0.25) is 0 Å². The molecule has 0 unspecified atom stereocenters. The summed E-state index contributed by atoms with van der Waals surface area (Å²) in [5.41, 5.74) is -0.367. The van der Waals surface area contributed by atoms with Gasteiger partial charge >= 0.3 is 6.18 Å². The molecule has 0 saturated carbocycles. The number of rotatable bonds is 2. The highest BCUT2D eigenvalue weighted by atomic mass is 32.1. The average Bonchev–Trinajstić information content (AvgIpc) is 2.96. The summed E-state index contributed by atoms with van der Waals surface area (Å²) in [6, 6.07) is 1.11. The molecular weight excluding hydrogens is 339 g/mol. The van der Waals surface area contributed by atoms with Gasteiger partial charge in [-0.3, -0.25) is 4.79 Å². The average molecular weight is 356 g/mol. The van der Waals surface area contributed by atoms with E-state index in [0.717, 1.165) is 30.2 Å². The van der Waals surface area contributed by atoms with E-state index in [1.54, 1.807) is 14.1 Å². The summed E-state index contributed by atoms with van der Waals surface area (Å²) in [4.78, 5) is 19.9. The molecule has 0 spiro atoms. The Morgan fingerprint density at radius 2 is 1.96 bits per heavy atom. The van der Waals surface area contributed by atoms with Gasteiger partial charge in [-0.15, -0.1) is 11.3 Å². The summed E-state index contributed by atoms with van der Waals surface area (Å²) in [6.45, 7) is 1.27. The van der Waals surface area contributed by atoms with Crippen molar-refractivity contribution < 1.29 is 18.0 Å². The third kappa shape index (κ3) is 3.07. The molecule has 3 rings (SSSR count). The largest absolute Gasteiger partial charge is 0.417 e. The monoisotopic (exact) mass is 356 g/mol. The van der Waals surface area contributed by atoms with E-state index in [-0.39, 0.29) is 27.5 Å². The van der Waals surface area contributed by atoms with E-state index in [1.165, 1.54) is 10.3 Å². The van der Waals surface area contributed by atoms with Crippen LogP contribution in [-0.2, 0) is 6.18 Å². The number of carbonyl (C=O) groups is 1. The third-order valence-electron chi connectivity index (χ3n) is 3.98. The summed E-state index contributed by atoms with van der Waals surface area (Å²) in [7, 11) is 3.14. The maximum Gasteiger partial charge on any atom is 0.417 e. The summed E-state index contributed by atoms with van der Waals surface area (Å²) in [6.07, 6.45) is -0.741. The Bertz CT molecular complexity index is 764. The normalized spacial score (nSPS) is 15.8. The smallest absolute Gasteiger partial charge is 0.357 e. The highest BCUT2D eigenvalue weighted by molar-refractivity contribution is 7.17. The topological polar surface area (TPSA) is 36.4 Å². The fourth-order valence-corrected chi connectivity index (χ4v) is 3.76. The van der Waals surface area contributed by atoms with E-state index in [0.29, 0.717) is 13.1 Å². The molecule has 0 bridgehead atoms. The van der Waals surface area contributed by atoms with Gasteiger partial charge in [0, 0.05) is 32.6 Å². The molecule has 4 nitrogen and oxygen atoms in total. The number of amides is 1. The van der Waals surface area contributed by atoms with E-state index in [9.17, 15) is 18.0 Å². The standard InChI is InChI=1S/C16H17F3N3OS/c1-21(2)15(23)10-9-24-14-11(16(17,18)19)8-12(20-13(10)14)22-6-4-3-5-7-22/h3,8-9H,4-7H2,1-2H3. The molecule has 129 valence electrons. The maximum absolute atomic E-state index is 13.5. The highest BCUT2D eigenvalue weighted by Crippen LogP contribution is 2.40. The molecule has 0 aromatic carbocycles. The number of fused-ring (bicyclic) bond motifs is 1. The minimum Gasteiger partial charge on any atom is -0.357 e. The second-order valence-corrected chi connectivity index (χ2v) is 6.79. The molecule has 1 radical (unpaired) electrons. The molecule has 2 aromatic heterocycles. The Hall–Kier alpha value is -1.83. The van der Waals surface area contributed by atoms with Crippen LogP contribution in [0, 0.1) is 6.42 Å². The molecule has 8 heteroatoms. The van der Waals surface area contributed by atoms with Crippen LogP contribution in [0.4, 0.5) is 19.0 Å². The number of halogens is 3. The number of hydrogen-bond donors (Lipinski definition) is 0. The number of nitrogens with zero attached hydrogens (tertiary/aromatic N) is 3. The van der Waals surface area contributed by atoms with Crippen LogP contribution in [0.25, 0.3) is 10.2 Å². The molecule has 1 amide bonds. The van der Waals surface area contributed by atoms with E-state index < -0.39 is 11.7 Å². The highest BCUT2D eigenvalue weighted by Gasteiger charge is 2.36. The Balaban J connectivity index is 2.19. The number of anilines is 1. The first-order valence-electron chi connectivity index (χ1n) is 7.56. The van der Waals surface area contributed by atoms with Crippen molar-refractivity contribution in [1.82, 2.24) is 9.88 Å². The van der Waals surface area contributed by atoms with Crippen molar-refractivity contribution in [3.63, 3.8) is 0 Å². The van der Waals surface area contributed by atoms with Gasteiger partial charge in [0.2, 0.25) is 0 Å². The van der Waals surface area contributed by atoms with Crippen molar-refractivity contribution in [2.24, 2.45) is 0 Å². The summed E-state index contributed by atoms with van der Waals surface area (Å²) in [5, 5.41) is 1.46. The van der Waals surface area contributed by atoms with Crippen LogP contribution in [-0.4, -0.2) is 43.0 Å². The van der Waals surface area contributed by atoms with Crippen LogP contribution >= 0.6 is 11.3 Å².